The highest BCUT2D eigenvalue weighted by Gasteiger charge is 2.37. The van der Waals surface area contributed by atoms with E-state index in [1.165, 1.54) is 23.6 Å². The van der Waals surface area contributed by atoms with E-state index < -0.39 is 11.5 Å². The molecule has 0 atom stereocenters. The van der Waals surface area contributed by atoms with Crippen molar-refractivity contribution < 1.29 is 19.1 Å². The second kappa shape index (κ2) is 7.88. The summed E-state index contributed by atoms with van der Waals surface area (Å²) in [6.07, 6.45) is 3.52. The molecule has 138 valence electrons. The summed E-state index contributed by atoms with van der Waals surface area (Å²) < 4.78 is 13.8. The number of carbonyl (C=O) groups is 2. The molecule has 1 saturated heterocycles. The zero-order chi connectivity index (χ0) is 18.6. The highest BCUT2D eigenvalue weighted by Crippen LogP contribution is 2.33. The van der Waals surface area contributed by atoms with Crippen LogP contribution in [-0.2, 0) is 15.2 Å². The lowest BCUT2D eigenvalue weighted by atomic mass is 9.85. The molecule has 9 heteroatoms. The Morgan fingerprint density at radius 1 is 1.27 bits per heavy atom. The number of nitrogens with one attached hydrogen (secondary N) is 1. The van der Waals surface area contributed by atoms with Gasteiger partial charge in [-0.2, -0.15) is 4.39 Å². The number of halogens is 1. The van der Waals surface area contributed by atoms with Crippen molar-refractivity contribution in [3.63, 3.8) is 0 Å². The van der Waals surface area contributed by atoms with E-state index in [0.717, 1.165) is 0 Å². The van der Waals surface area contributed by atoms with Crippen LogP contribution < -0.4 is 5.32 Å². The largest absolute Gasteiger partial charge is 0.385 e. The van der Waals surface area contributed by atoms with Crippen LogP contribution in [0.15, 0.2) is 29.9 Å². The molecular weight excluding hydrogens is 359 g/mol. The monoisotopic (exact) mass is 378 g/mol. The highest BCUT2D eigenvalue weighted by atomic mass is 32.1. The van der Waals surface area contributed by atoms with E-state index in [1.807, 2.05) is 0 Å². The molecule has 3 rings (SSSR count). The molecule has 1 aliphatic rings. The molecule has 0 aliphatic carbocycles. The SMILES string of the molecule is O=C(CCC(=O)N1CCC(O)(c2cccnc2F)CC1)Nc1nccs1. The van der Waals surface area contributed by atoms with Gasteiger partial charge in [0.2, 0.25) is 17.8 Å². The molecule has 2 aromatic rings. The minimum absolute atomic E-state index is 0.0659. The summed E-state index contributed by atoms with van der Waals surface area (Å²) in [6, 6.07) is 3.09. The van der Waals surface area contributed by atoms with Crippen molar-refractivity contribution in [2.24, 2.45) is 0 Å². The fraction of sp³-hybridized carbons (Fsp3) is 0.412. The normalized spacial score (nSPS) is 16.3. The molecular formula is C17H19FN4O3S. The summed E-state index contributed by atoms with van der Waals surface area (Å²) in [4.78, 5) is 33.2. The van der Waals surface area contributed by atoms with E-state index in [4.69, 9.17) is 0 Å². The van der Waals surface area contributed by atoms with E-state index >= 15 is 0 Å². The van der Waals surface area contributed by atoms with Gasteiger partial charge in [-0.3, -0.25) is 9.59 Å². The molecule has 0 bridgehead atoms. The number of rotatable bonds is 5. The number of likely N-dealkylation sites (tertiary alicyclic amines) is 1. The average molecular weight is 378 g/mol. The minimum atomic E-state index is -1.32. The Bertz CT molecular complexity index is 776. The number of hydrogen-bond acceptors (Lipinski definition) is 6. The van der Waals surface area contributed by atoms with Crippen molar-refractivity contribution in [2.75, 3.05) is 18.4 Å². The number of carbonyl (C=O) groups excluding carboxylic acids is 2. The van der Waals surface area contributed by atoms with Crippen molar-refractivity contribution in [1.82, 2.24) is 14.9 Å². The van der Waals surface area contributed by atoms with Gasteiger partial charge in [-0.15, -0.1) is 11.3 Å². The van der Waals surface area contributed by atoms with E-state index in [-0.39, 0.29) is 43.1 Å². The molecule has 3 heterocycles. The Labute approximate surface area is 153 Å². The van der Waals surface area contributed by atoms with Crippen molar-refractivity contribution in [2.45, 2.75) is 31.3 Å². The summed E-state index contributed by atoms with van der Waals surface area (Å²) >= 11 is 1.31. The van der Waals surface area contributed by atoms with Gasteiger partial charge in [0.1, 0.15) is 0 Å². The summed E-state index contributed by atoms with van der Waals surface area (Å²) in [7, 11) is 0. The van der Waals surface area contributed by atoms with Gasteiger partial charge in [-0.25, -0.2) is 9.97 Å². The van der Waals surface area contributed by atoms with Crippen molar-refractivity contribution in [1.29, 1.82) is 0 Å². The first-order chi connectivity index (χ1) is 12.5. The summed E-state index contributed by atoms with van der Waals surface area (Å²) in [6.45, 7) is 0.607. The number of aliphatic hydroxyl groups is 1. The fourth-order valence-electron chi connectivity index (χ4n) is 2.97. The molecule has 0 radical (unpaired) electrons. The summed E-state index contributed by atoms with van der Waals surface area (Å²) in [5, 5.41) is 15.6. The number of anilines is 1. The van der Waals surface area contributed by atoms with E-state index in [2.05, 4.69) is 15.3 Å². The number of piperidine rings is 1. The average Bonchev–Trinajstić information content (AvgIpc) is 3.13. The number of aromatic nitrogens is 2. The third-order valence-corrected chi connectivity index (χ3v) is 5.14. The second-order valence-corrected chi connectivity index (χ2v) is 7.03. The molecule has 2 N–H and O–H groups in total. The predicted octanol–water partition coefficient (Wildman–Crippen LogP) is 1.91. The van der Waals surface area contributed by atoms with Gasteiger partial charge in [0.05, 0.1) is 5.60 Å². The number of nitrogens with zero attached hydrogens (tertiary/aromatic N) is 3. The van der Waals surface area contributed by atoms with Crippen LogP contribution in [0.25, 0.3) is 0 Å². The van der Waals surface area contributed by atoms with Crippen molar-refractivity contribution >= 4 is 28.3 Å². The first-order valence-corrected chi connectivity index (χ1v) is 9.16. The number of pyridine rings is 1. The third kappa shape index (κ3) is 4.23. The zero-order valence-electron chi connectivity index (χ0n) is 14.0. The van der Waals surface area contributed by atoms with Crippen LogP contribution in [0.1, 0.15) is 31.2 Å². The van der Waals surface area contributed by atoms with Crippen LogP contribution >= 0.6 is 11.3 Å². The van der Waals surface area contributed by atoms with Crippen LogP contribution in [-0.4, -0.2) is 44.9 Å². The zero-order valence-corrected chi connectivity index (χ0v) is 14.8. The minimum Gasteiger partial charge on any atom is -0.385 e. The third-order valence-electron chi connectivity index (χ3n) is 4.45. The maximum absolute atomic E-state index is 13.8. The Morgan fingerprint density at radius 2 is 2.04 bits per heavy atom. The molecule has 0 spiro atoms. The van der Waals surface area contributed by atoms with Crippen molar-refractivity contribution in [3.05, 3.63) is 41.4 Å². The number of hydrogen-bond donors (Lipinski definition) is 2. The molecule has 0 saturated carbocycles. The van der Waals surface area contributed by atoms with Crippen molar-refractivity contribution in [3.8, 4) is 0 Å². The first kappa shape index (κ1) is 18.4. The standard InChI is InChI=1S/C17H19FN4O3S/c18-15-12(2-1-7-19-15)17(25)5-9-22(10-6-17)14(24)4-3-13(23)21-16-20-8-11-26-16/h1-2,7-8,11,25H,3-6,9-10H2,(H,20,21,23). The van der Waals surface area contributed by atoms with Crippen LogP contribution in [0.2, 0.25) is 0 Å². The maximum atomic E-state index is 13.8. The maximum Gasteiger partial charge on any atom is 0.226 e. The quantitative estimate of drug-likeness (QED) is 0.775. The smallest absolute Gasteiger partial charge is 0.226 e. The van der Waals surface area contributed by atoms with E-state index in [0.29, 0.717) is 18.2 Å². The first-order valence-electron chi connectivity index (χ1n) is 8.28. The summed E-state index contributed by atoms with van der Waals surface area (Å²) in [5.74, 6) is -1.11. The number of amides is 2. The summed E-state index contributed by atoms with van der Waals surface area (Å²) in [5.41, 5.74) is -1.16. The molecule has 2 aromatic heterocycles. The molecule has 1 aliphatic heterocycles. The molecule has 26 heavy (non-hydrogen) atoms. The topological polar surface area (TPSA) is 95.4 Å². The molecule has 0 unspecified atom stereocenters. The van der Waals surface area contributed by atoms with Gasteiger partial charge in [-0.05, 0) is 18.9 Å². The highest BCUT2D eigenvalue weighted by molar-refractivity contribution is 7.13. The lowest BCUT2D eigenvalue weighted by Gasteiger charge is -2.38. The lowest BCUT2D eigenvalue weighted by molar-refractivity contribution is -0.137. The van der Waals surface area contributed by atoms with Gasteiger partial charge < -0.3 is 15.3 Å². The lowest BCUT2D eigenvalue weighted by Crippen LogP contribution is -2.45. The van der Waals surface area contributed by atoms with Crippen LogP contribution in [0, 0.1) is 5.95 Å². The van der Waals surface area contributed by atoms with Crippen LogP contribution in [0.4, 0.5) is 9.52 Å². The Kier molecular flexibility index (Phi) is 5.58. The van der Waals surface area contributed by atoms with Gasteiger partial charge in [-0.1, -0.05) is 6.07 Å². The van der Waals surface area contributed by atoms with Crippen LogP contribution in [0.3, 0.4) is 0 Å². The van der Waals surface area contributed by atoms with Crippen LogP contribution in [0.5, 0.6) is 0 Å². The van der Waals surface area contributed by atoms with E-state index in [1.54, 1.807) is 22.5 Å². The Balaban J connectivity index is 1.49. The van der Waals surface area contributed by atoms with E-state index in [9.17, 15) is 19.1 Å². The molecule has 7 nitrogen and oxygen atoms in total. The van der Waals surface area contributed by atoms with Gasteiger partial charge >= 0.3 is 0 Å². The second-order valence-electron chi connectivity index (χ2n) is 6.14. The molecule has 1 fully saturated rings. The number of thiazole rings is 1. The van der Waals surface area contributed by atoms with Gasteiger partial charge in [0, 0.05) is 49.3 Å². The molecule has 0 aromatic carbocycles. The van der Waals surface area contributed by atoms with Gasteiger partial charge in [0.15, 0.2) is 5.13 Å². The predicted molar refractivity (Wildman–Crippen MR) is 93.9 cm³/mol. The Morgan fingerprint density at radius 3 is 2.69 bits per heavy atom. The Hall–Kier alpha value is -2.39. The van der Waals surface area contributed by atoms with Gasteiger partial charge in [0.25, 0.3) is 0 Å². The fourth-order valence-corrected chi connectivity index (χ4v) is 3.52. The molecule has 2 amide bonds.